The van der Waals surface area contributed by atoms with Gasteiger partial charge in [0.1, 0.15) is 12.2 Å². The predicted molar refractivity (Wildman–Crippen MR) is 104 cm³/mol. The van der Waals surface area contributed by atoms with Crippen molar-refractivity contribution in [2.24, 2.45) is 11.8 Å². The van der Waals surface area contributed by atoms with Crippen molar-refractivity contribution < 1.29 is 28.8 Å². The Morgan fingerprint density at radius 3 is 2.27 bits per heavy atom. The van der Waals surface area contributed by atoms with Crippen LogP contribution in [-0.2, 0) is 23.9 Å². The van der Waals surface area contributed by atoms with Crippen LogP contribution < -0.4 is 5.32 Å². The van der Waals surface area contributed by atoms with Gasteiger partial charge in [0.2, 0.25) is 11.8 Å². The zero-order chi connectivity index (χ0) is 22.0. The third kappa shape index (κ3) is 4.22. The van der Waals surface area contributed by atoms with E-state index < -0.39 is 53.6 Å². The number of rotatable bonds is 6. The Morgan fingerprint density at radius 1 is 1.13 bits per heavy atom. The van der Waals surface area contributed by atoms with Crippen LogP contribution in [0, 0.1) is 35.8 Å². The number of hydrogen-bond acceptors (Lipinski definition) is 7. The van der Waals surface area contributed by atoms with Gasteiger partial charge in [-0.3, -0.25) is 34.2 Å². The van der Waals surface area contributed by atoms with Crippen molar-refractivity contribution >= 4 is 35.1 Å². The molecule has 0 bridgehead atoms. The number of nitrogens with one attached hydrogen (secondary N) is 1. The molecule has 2 aliphatic rings. The lowest BCUT2D eigenvalue weighted by Gasteiger charge is -2.14. The number of benzene rings is 1. The standard InChI is InChI=1S/C20H21N3O7/c1-11-7-15(16(23(28)29)8-12(11)2)21-17(24)10-30-18(25)9-22-19(26)13-5-3-4-6-14(13)20(22)27/h3-4,7-8,13-14H,5-6,9-10H2,1-2H3,(H,21,24)/t13-,14+. The SMILES string of the molecule is Cc1cc(NC(=O)COC(=O)CN2C(=O)[C@H]3CC=CC[C@H]3C2=O)c([N+](=O)[O-])cc1C. The summed E-state index contributed by atoms with van der Waals surface area (Å²) in [6, 6.07) is 2.81. The zero-order valence-electron chi connectivity index (χ0n) is 16.5. The number of nitro benzene ring substituents is 1. The number of aryl methyl sites for hydroxylation is 2. The van der Waals surface area contributed by atoms with E-state index in [1.807, 2.05) is 12.2 Å². The average molecular weight is 415 g/mol. The van der Waals surface area contributed by atoms with Crippen LogP contribution in [0.2, 0.25) is 0 Å². The van der Waals surface area contributed by atoms with E-state index >= 15 is 0 Å². The maximum Gasteiger partial charge on any atom is 0.326 e. The number of fused-ring (bicyclic) bond motifs is 1. The number of nitrogens with zero attached hydrogens (tertiary/aromatic N) is 2. The quantitative estimate of drug-likeness (QED) is 0.245. The van der Waals surface area contributed by atoms with Gasteiger partial charge in [-0.15, -0.1) is 0 Å². The van der Waals surface area contributed by atoms with Crippen molar-refractivity contribution in [2.75, 3.05) is 18.5 Å². The summed E-state index contributed by atoms with van der Waals surface area (Å²) < 4.78 is 4.86. The second-order valence-corrected chi connectivity index (χ2v) is 7.34. The molecule has 0 aromatic heterocycles. The highest BCUT2D eigenvalue weighted by molar-refractivity contribution is 6.07. The first-order chi connectivity index (χ1) is 14.2. The summed E-state index contributed by atoms with van der Waals surface area (Å²) in [5, 5.41) is 13.5. The predicted octanol–water partition coefficient (Wildman–Crippen LogP) is 1.64. The molecule has 1 fully saturated rings. The Bertz CT molecular complexity index is 943. The Labute approximate surface area is 172 Å². The van der Waals surface area contributed by atoms with Gasteiger partial charge in [0.25, 0.3) is 11.6 Å². The van der Waals surface area contributed by atoms with Crippen LogP contribution >= 0.6 is 0 Å². The molecule has 1 saturated heterocycles. The lowest BCUT2D eigenvalue weighted by Crippen LogP contribution is -2.37. The van der Waals surface area contributed by atoms with Crippen molar-refractivity contribution in [3.05, 3.63) is 45.5 Å². The largest absolute Gasteiger partial charge is 0.454 e. The van der Waals surface area contributed by atoms with Crippen molar-refractivity contribution in [3.63, 3.8) is 0 Å². The van der Waals surface area contributed by atoms with Gasteiger partial charge in [0.05, 0.1) is 16.8 Å². The fourth-order valence-electron chi connectivity index (χ4n) is 3.58. The van der Waals surface area contributed by atoms with E-state index in [2.05, 4.69) is 5.32 Å². The summed E-state index contributed by atoms with van der Waals surface area (Å²) in [5.41, 5.74) is 1.16. The molecule has 10 nitrogen and oxygen atoms in total. The molecule has 1 aliphatic heterocycles. The van der Waals surface area contributed by atoms with Crippen LogP contribution in [0.25, 0.3) is 0 Å². The van der Waals surface area contributed by atoms with E-state index in [9.17, 15) is 29.3 Å². The molecule has 0 unspecified atom stereocenters. The van der Waals surface area contributed by atoms with E-state index in [0.717, 1.165) is 10.5 Å². The number of carbonyl (C=O) groups excluding carboxylic acids is 4. The Morgan fingerprint density at radius 2 is 1.70 bits per heavy atom. The summed E-state index contributed by atoms with van der Waals surface area (Å²) in [5.74, 6) is -3.42. The van der Waals surface area contributed by atoms with Crippen LogP contribution in [-0.4, -0.2) is 46.7 Å². The van der Waals surface area contributed by atoms with E-state index in [0.29, 0.717) is 18.4 Å². The normalized spacial score (nSPS) is 20.1. The number of likely N-dealkylation sites (tertiary alicyclic amines) is 1. The maximum absolute atomic E-state index is 12.3. The first kappa shape index (κ1) is 21.2. The number of allylic oxidation sites excluding steroid dienone is 2. The first-order valence-corrected chi connectivity index (χ1v) is 9.40. The molecule has 2 atom stereocenters. The molecule has 1 aliphatic carbocycles. The van der Waals surface area contributed by atoms with E-state index in [1.54, 1.807) is 13.8 Å². The average Bonchev–Trinajstić information content (AvgIpc) is 2.94. The lowest BCUT2D eigenvalue weighted by atomic mass is 9.85. The maximum atomic E-state index is 12.3. The first-order valence-electron chi connectivity index (χ1n) is 9.40. The monoisotopic (exact) mass is 415 g/mol. The van der Waals surface area contributed by atoms with E-state index in [1.165, 1.54) is 12.1 Å². The van der Waals surface area contributed by atoms with E-state index in [4.69, 9.17) is 4.74 Å². The number of ether oxygens (including phenoxy) is 1. The summed E-state index contributed by atoms with van der Waals surface area (Å²) in [6.45, 7) is 2.18. The number of hydrogen-bond donors (Lipinski definition) is 1. The number of nitro groups is 1. The molecule has 10 heteroatoms. The Kier molecular flexibility index (Phi) is 5.95. The summed E-state index contributed by atoms with van der Waals surface area (Å²) in [6.07, 6.45) is 4.59. The lowest BCUT2D eigenvalue weighted by molar-refractivity contribution is -0.384. The Hall–Kier alpha value is -3.56. The van der Waals surface area contributed by atoms with Gasteiger partial charge in [-0.1, -0.05) is 12.2 Å². The highest BCUT2D eigenvalue weighted by Crippen LogP contribution is 2.34. The fraction of sp³-hybridized carbons (Fsp3) is 0.400. The van der Waals surface area contributed by atoms with Gasteiger partial charge >= 0.3 is 5.97 Å². The molecule has 0 spiro atoms. The van der Waals surface area contributed by atoms with Crippen molar-refractivity contribution in [1.82, 2.24) is 4.90 Å². The molecule has 1 aromatic rings. The topological polar surface area (TPSA) is 136 Å². The van der Waals surface area contributed by atoms with Gasteiger partial charge in [0.15, 0.2) is 6.61 Å². The smallest absolute Gasteiger partial charge is 0.326 e. The van der Waals surface area contributed by atoms with Gasteiger partial charge in [0, 0.05) is 6.07 Å². The minimum Gasteiger partial charge on any atom is -0.454 e. The minimum atomic E-state index is -0.909. The number of carbonyl (C=O) groups is 4. The van der Waals surface area contributed by atoms with Crippen LogP contribution in [0.3, 0.4) is 0 Å². The Balaban J connectivity index is 1.56. The number of anilines is 1. The van der Waals surface area contributed by atoms with Gasteiger partial charge in [-0.25, -0.2) is 0 Å². The number of amides is 3. The van der Waals surface area contributed by atoms with Gasteiger partial charge < -0.3 is 10.1 Å². The molecular formula is C20H21N3O7. The fourth-order valence-corrected chi connectivity index (χ4v) is 3.58. The van der Waals surface area contributed by atoms with E-state index in [-0.39, 0.29) is 11.4 Å². The number of imide groups is 1. The molecule has 0 saturated carbocycles. The molecular weight excluding hydrogens is 394 g/mol. The zero-order valence-corrected chi connectivity index (χ0v) is 16.5. The summed E-state index contributed by atoms with van der Waals surface area (Å²) in [4.78, 5) is 60.3. The van der Waals surface area contributed by atoms with Gasteiger partial charge in [-0.05, 0) is 43.9 Å². The highest BCUT2D eigenvalue weighted by Gasteiger charge is 2.47. The molecule has 1 aromatic carbocycles. The van der Waals surface area contributed by atoms with Crippen LogP contribution in [0.5, 0.6) is 0 Å². The molecule has 158 valence electrons. The summed E-state index contributed by atoms with van der Waals surface area (Å²) >= 11 is 0. The van der Waals surface area contributed by atoms with Crippen molar-refractivity contribution in [1.29, 1.82) is 0 Å². The minimum absolute atomic E-state index is 0.00868. The van der Waals surface area contributed by atoms with Crippen LogP contribution in [0.1, 0.15) is 24.0 Å². The molecule has 3 rings (SSSR count). The van der Waals surface area contributed by atoms with Crippen LogP contribution in [0.4, 0.5) is 11.4 Å². The second-order valence-electron chi connectivity index (χ2n) is 7.34. The van der Waals surface area contributed by atoms with Gasteiger partial charge in [-0.2, -0.15) is 0 Å². The molecule has 0 radical (unpaired) electrons. The summed E-state index contributed by atoms with van der Waals surface area (Å²) in [7, 11) is 0. The molecule has 3 amide bonds. The second kappa shape index (κ2) is 8.44. The third-order valence-corrected chi connectivity index (χ3v) is 5.33. The number of esters is 1. The van der Waals surface area contributed by atoms with Crippen LogP contribution in [0.15, 0.2) is 24.3 Å². The van der Waals surface area contributed by atoms with Crippen molar-refractivity contribution in [2.45, 2.75) is 26.7 Å². The third-order valence-electron chi connectivity index (χ3n) is 5.33. The van der Waals surface area contributed by atoms with Crippen molar-refractivity contribution in [3.8, 4) is 0 Å². The molecule has 1 N–H and O–H groups in total. The highest BCUT2D eigenvalue weighted by atomic mass is 16.6. The molecule has 1 heterocycles. The molecule has 30 heavy (non-hydrogen) atoms.